The predicted molar refractivity (Wildman–Crippen MR) is 158 cm³/mol. The van der Waals surface area contributed by atoms with Gasteiger partial charge in [0, 0.05) is 42.4 Å². The summed E-state index contributed by atoms with van der Waals surface area (Å²) < 4.78 is 81.5. The number of halogens is 7. The number of alkyl halides is 6. The summed E-state index contributed by atoms with van der Waals surface area (Å²) in [6.45, 7) is 11.2. The third-order valence-electron chi connectivity index (χ3n) is 6.29. The molecule has 236 valence electrons. The Hall–Kier alpha value is -2.90. The van der Waals surface area contributed by atoms with E-state index in [1.54, 1.807) is 12.3 Å². The van der Waals surface area contributed by atoms with Gasteiger partial charge in [-0.05, 0) is 70.2 Å². The molecule has 42 heavy (non-hydrogen) atoms. The number of nitrogens with zero attached hydrogens (tertiary/aromatic N) is 6. The Morgan fingerprint density at radius 3 is 2.05 bits per heavy atom. The average molecular weight is 669 g/mol. The van der Waals surface area contributed by atoms with Crippen molar-refractivity contribution in [2.24, 2.45) is 27.1 Å². The fourth-order valence-corrected chi connectivity index (χ4v) is 4.67. The van der Waals surface area contributed by atoms with E-state index in [0.717, 1.165) is 25.8 Å². The maximum absolute atomic E-state index is 13.5. The zero-order valence-corrected chi connectivity index (χ0v) is 26.4. The van der Waals surface area contributed by atoms with Gasteiger partial charge in [-0.15, -0.1) is 0 Å². The average Bonchev–Trinajstić information content (AvgIpc) is 2.94. The number of anilines is 1. The van der Waals surface area contributed by atoms with Crippen molar-refractivity contribution in [2.75, 3.05) is 25.0 Å². The first-order valence-corrected chi connectivity index (χ1v) is 14.6. The van der Waals surface area contributed by atoms with E-state index in [9.17, 15) is 26.3 Å². The zero-order chi connectivity index (χ0) is 32.1. The number of benzene rings is 1. The van der Waals surface area contributed by atoms with Crippen LogP contribution < -0.4 is 10.6 Å². The van der Waals surface area contributed by atoms with Crippen LogP contribution in [-0.2, 0) is 25.4 Å². The van der Waals surface area contributed by atoms with Gasteiger partial charge in [0.25, 0.3) is 0 Å². The minimum absolute atomic E-state index is 0.0188. The van der Waals surface area contributed by atoms with Crippen LogP contribution in [0.25, 0.3) is 0 Å². The Morgan fingerprint density at radius 1 is 0.976 bits per heavy atom. The molecule has 14 heteroatoms. The highest BCUT2D eigenvalue weighted by atomic mass is 79.9. The number of nitrogens with two attached hydrogens (primary N) is 1. The summed E-state index contributed by atoms with van der Waals surface area (Å²) in [6, 6.07) is 3.23. The lowest BCUT2D eigenvalue weighted by molar-refractivity contribution is -0.143. The fourth-order valence-electron chi connectivity index (χ4n) is 4.29. The topological polar surface area (TPSA) is 82.5 Å². The molecule has 0 aliphatic carbocycles. The highest BCUT2D eigenvalue weighted by Gasteiger charge is 2.37. The summed E-state index contributed by atoms with van der Waals surface area (Å²) in [6.07, 6.45) is -5.29. The van der Waals surface area contributed by atoms with E-state index in [1.165, 1.54) is 11.9 Å². The molecule has 0 bridgehead atoms. The molecular formula is C28H40BrF6N7. The zero-order valence-electron chi connectivity index (χ0n) is 24.8. The van der Waals surface area contributed by atoms with Crippen molar-refractivity contribution < 1.29 is 26.3 Å². The first-order chi connectivity index (χ1) is 19.7. The van der Waals surface area contributed by atoms with Crippen LogP contribution in [0.1, 0.15) is 76.1 Å². The number of hydrogen-bond donors (Lipinski definition) is 1. The van der Waals surface area contributed by atoms with E-state index >= 15 is 0 Å². The molecule has 0 saturated carbocycles. The summed E-state index contributed by atoms with van der Waals surface area (Å²) in [5, 5.41) is 10.8. The molecule has 7 nitrogen and oxygen atoms in total. The van der Waals surface area contributed by atoms with Crippen LogP contribution in [0, 0.1) is 5.92 Å². The second kappa shape index (κ2) is 17.3. The number of hydrogen-bond acceptors (Lipinski definition) is 4. The number of guanidine groups is 1. The van der Waals surface area contributed by atoms with Gasteiger partial charge < -0.3 is 15.5 Å². The maximum Gasteiger partial charge on any atom is 0.416 e. The lowest BCUT2D eigenvalue weighted by Gasteiger charge is -2.31. The standard InChI is InChI=1S/C26H34BrF6N7.C2H6/c1-5-8-17(6-2)14-39(7-3)23-19(11-22(27)13-36-23)16-40(24(34)37-38-35-4)15-18-9-20(25(28,29)30)12-21(10-18)26(31,32)33;1-2/h9-13,17H,5-8,14-16H2,1-4H3,(H2,34,35,37);1-2H3. The number of pyridine rings is 1. The van der Waals surface area contributed by atoms with Crippen LogP contribution in [0.5, 0.6) is 0 Å². The molecule has 0 saturated heterocycles. The van der Waals surface area contributed by atoms with Crippen molar-refractivity contribution in [3.8, 4) is 0 Å². The molecular weight excluding hydrogens is 628 g/mol. The molecule has 1 aromatic heterocycles. The Kier molecular flexibility index (Phi) is 15.3. The largest absolute Gasteiger partial charge is 0.416 e. The van der Waals surface area contributed by atoms with Crippen LogP contribution >= 0.6 is 15.9 Å². The molecule has 0 spiro atoms. The highest BCUT2D eigenvalue weighted by Crippen LogP contribution is 2.37. The van der Waals surface area contributed by atoms with E-state index in [-0.39, 0.29) is 24.1 Å². The second-order valence-corrected chi connectivity index (χ2v) is 10.2. The molecule has 1 aromatic carbocycles. The van der Waals surface area contributed by atoms with Gasteiger partial charge >= 0.3 is 12.4 Å². The number of rotatable bonds is 12. The lowest BCUT2D eigenvalue weighted by Crippen LogP contribution is -2.37. The molecule has 1 heterocycles. The van der Waals surface area contributed by atoms with Gasteiger partial charge in [-0.3, -0.25) is 0 Å². The third kappa shape index (κ3) is 11.4. The van der Waals surface area contributed by atoms with Gasteiger partial charge in [0.05, 0.1) is 18.2 Å². The van der Waals surface area contributed by atoms with E-state index in [1.807, 2.05) is 20.8 Å². The first-order valence-electron chi connectivity index (χ1n) is 13.8. The van der Waals surface area contributed by atoms with Gasteiger partial charge in [-0.1, -0.05) is 45.6 Å². The third-order valence-corrected chi connectivity index (χ3v) is 6.72. The summed E-state index contributed by atoms with van der Waals surface area (Å²) in [5.41, 5.74) is 3.69. The smallest absolute Gasteiger partial charge is 0.368 e. The molecule has 1 atom stereocenters. The number of aromatic nitrogens is 1. The molecule has 2 aromatic rings. The van der Waals surface area contributed by atoms with Crippen LogP contribution in [0.15, 0.2) is 50.4 Å². The van der Waals surface area contributed by atoms with Gasteiger partial charge in [0.2, 0.25) is 5.96 Å². The summed E-state index contributed by atoms with van der Waals surface area (Å²) in [4.78, 5) is 8.05. The normalized spacial score (nSPS) is 13.1. The van der Waals surface area contributed by atoms with E-state index in [4.69, 9.17) is 5.73 Å². The highest BCUT2D eigenvalue weighted by molar-refractivity contribution is 9.10. The van der Waals surface area contributed by atoms with Crippen LogP contribution in [0.4, 0.5) is 32.2 Å². The Bertz CT molecular complexity index is 1140. The van der Waals surface area contributed by atoms with E-state index in [0.29, 0.717) is 40.4 Å². The molecule has 2 N–H and O–H groups in total. The minimum atomic E-state index is -4.98. The summed E-state index contributed by atoms with van der Waals surface area (Å²) >= 11 is 3.41. The van der Waals surface area contributed by atoms with Gasteiger partial charge in [0.15, 0.2) is 0 Å². The van der Waals surface area contributed by atoms with E-state index < -0.39 is 30.0 Å². The lowest BCUT2D eigenvalue weighted by atomic mass is 10.00. The summed E-state index contributed by atoms with van der Waals surface area (Å²) in [5.74, 6) is 0.819. The van der Waals surface area contributed by atoms with Crippen LogP contribution in [0.2, 0.25) is 0 Å². The fraction of sp³-hybridized carbons (Fsp3) is 0.571. The molecule has 0 radical (unpaired) electrons. The van der Waals surface area contributed by atoms with Crippen molar-refractivity contribution in [3.63, 3.8) is 0 Å². The quantitative estimate of drug-likeness (QED) is 0.0806. The Morgan fingerprint density at radius 2 is 1.57 bits per heavy atom. The maximum atomic E-state index is 13.5. The minimum Gasteiger partial charge on any atom is -0.368 e. The second-order valence-electron chi connectivity index (χ2n) is 9.26. The first kappa shape index (κ1) is 37.1. The van der Waals surface area contributed by atoms with Gasteiger partial charge in [0.1, 0.15) is 5.82 Å². The molecule has 0 amide bonds. The van der Waals surface area contributed by atoms with Gasteiger partial charge in [-0.2, -0.15) is 31.5 Å². The van der Waals surface area contributed by atoms with Gasteiger partial charge in [-0.25, -0.2) is 4.98 Å². The monoisotopic (exact) mass is 667 g/mol. The molecule has 0 aliphatic heterocycles. The Labute approximate surface area is 252 Å². The van der Waals surface area contributed by atoms with Crippen molar-refractivity contribution in [2.45, 2.75) is 79.3 Å². The van der Waals surface area contributed by atoms with Crippen LogP contribution in [0.3, 0.4) is 0 Å². The molecule has 0 aliphatic rings. The molecule has 0 fully saturated rings. The van der Waals surface area contributed by atoms with Crippen molar-refractivity contribution in [1.82, 2.24) is 9.88 Å². The van der Waals surface area contributed by atoms with Crippen LogP contribution in [-0.4, -0.2) is 36.0 Å². The predicted octanol–water partition coefficient (Wildman–Crippen LogP) is 8.87. The van der Waals surface area contributed by atoms with E-state index in [2.05, 4.69) is 55.1 Å². The Balaban J connectivity index is 0.00000431. The van der Waals surface area contributed by atoms with Crippen molar-refractivity contribution >= 4 is 27.7 Å². The molecule has 2 rings (SSSR count). The van der Waals surface area contributed by atoms with Crippen molar-refractivity contribution in [1.29, 1.82) is 0 Å². The SMILES string of the molecule is CC.CCCC(CC)CN(CC)c1ncc(Br)cc1CN(Cc1cc(C(F)(F)F)cc(C(F)(F)F)c1)/C(N)=N/N=NC. The molecule has 1 unspecified atom stereocenters. The van der Waals surface area contributed by atoms with Crippen molar-refractivity contribution in [3.05, 3.63) is 57.2 Å². The summed E-state index contributed by atoms with van der Waals surface area (Å²) in [7, 11) is 1.35.